The van der Waals surface area contributed by atoms with Gasteiger partial charge in [-0.2, -0.15) is 4.31 Å². The van der Waals surface area contributed by atoms with E-state index >= 15 is 0 Å². The van der Waals surface area contributed by atoms with Crippen LogP contribution >= 0.6 is 0 Å². The van der Waals surface area contributed by atoms with Gasteiger partial charge in [-0.25, -0.2) is 8.42 Å². The van der Waals surface area contributed by atoms with Crippen molar-refractivity contribution in [3.8, 4) is 0 Å². The van der Waals surface area contributed by atoms with Gasteiger partial charge in [-0.15, -0.1) is 0 Å². The summed E-state index contributed by atoms with van der Waals surface area (Å²) in [7, 11) is -3.12. The van der Waals surface area contributed by atoms with E-state index in [0.717, 1.165) is 19.4 Å². The standard InChI is InChI=1S/C12H23N3O3S/c1-2-10-19(17,18)15-8-6-14(7-9-15)12(16)11-4-3-5-13-11/h11,13H,2-10H2,1H3/t11-/m1/s1. The van der Waals surface area contributed by atoms with Crippen LogP contribution in [0.4, 0.5) is 0 Å². The molecule has 0 aromatic rings. The maximum absolute atomic E-state index is 12.2. The van der Waals surface area contributed by atoms with Gasteiger partial charge in [0.15, 0.2) is 0 Å². The van der Waals surface area contributed by atoms with Crippen molar-refractivity contribution < 1.29 is 13.2 Å². The number of nitrogens with zero attached hydrogens (tertiary/aromatic N) is 2. The lowest BCUT2D eigenvalue weighted by molar-refractivity contribution is -0.134. The van der Waals surface area contributed by atoms with Crippen molar-refractivity contribution in [2.45, 2.75) is 32.2 Å². The first-order chi connectivity index (χ1) is 9.04. The molecule has 0 unspecified atom stereocenters. The molecule has 1 atom stereocenters. The highest BCUT2D eigenvalue weighted by Crippen LogP contribution is 2.13. The summed E-state index contributed by atoms with van der Waals surface area (Å²) in [6.07, 6.45) is 2.57. The summed E-state index contributed by atoms with van der Waals surface area (Å²) in [5.41, 5.74) is 0. The highest BCUT2D eigenvalue weighted by Gasteiger charge is 2.32. The maximum atomic E-state index is 12.2. The molecular weight excluding hydrogens is 266 g/mol. The van der Waals surface area contributed by atoms with E-state index in [0.29, 0.717) is 32.6 Å². The first-order valence-corrected chi connectivity index (χ1v) is 8.65. The Balaban J connectivity index is 1.87. The molecule has 2 rings (SSSR count). The van der Waals surface area contributed by atoms with Gasteiger partial charge in [0.1, 0.15) is 0 Å². The third kappa shape index (κ3) is 3.46. The Morgan fingerprint density at radius 3 is 2.47 bits per heavy atom. The number of sulfonamides is 1. The molecule has 1 N–H and O–H groups in total. The molecule has 2 fully saturated rings. The fourth-order valence-electron chi connectivity index (χ4n) is 2.69. The van der Waals surface area contributed by atoms with E-state index in [1.807, 2.05) is 6.92 Å². The lowest BCUT2D eigenvalue weighted by Gasteiger charge is -2.35. The second kappa shape index (κ2) is 6.19. The number of carbonyl (C=O) groups is 1. The molecule has 2 aliphatic heterocycles. The predicted octanol–water partition coefficient (Wildman–Crippen LogP) is -0.378. The third-order valence-corrected chi connectivity index (χ3v) is 5.84. The molecule has 2 aliphatic rings. The number of rotatable bonds is 4. The summed E-state index contributed by atoms with van der Waals surface area (Å²) in [5.74, 6) is 0.329. The van der Waals surface area contributed by atoms with Crippen LogP contribution in [0.5, 0.6) is 0 Å². The van der Waals surface area contributed by atoms with Gasteiger partial charge in [0.05, 0.1) is 11.8 Å². The number of hydrogen-bond donors (Lipinski definition) is 1. The molecule has 19 heavy (non-hydrogen) atoms. The molecule has 2 heterocycles. The highest BCUT2D eigenvalue weighted by atomic mass is 32.2. The van der Waals surface area contributed by atoms with E-state index in [2.05, 4.69) is 5.32 Å². The van der Waals surface area contributed by atoms with E-state index in [4.69, 9.17) is 0 Å². The minimum Gasteiger partial charge on any atom is -0.339 e. The molecule has 0 aromatic heterocycles. The van der Waals surface area contributed by atoms with Crippen molar-refractivity contribution in [2.24, 2.45) is 0 Å². The van der Waals surface area contributed by atoms with E-state index < -0.39 is 10.0 Å². The van der Waals surface area contributed by atoms with Crippen molar-refractivity contribution >= 4 is 15.9 Å². The number of nitrogens with one attached hydrogen (secondary N) is 1. The lowest BCUT2D eigenvalue weighted by Crippen LogP contribution is -2.54. The Morgan fingerprint density at radius 2 is 1.95 bits per heavy atom. The normalized spacial score (nSPS) is 25.7. The smallest absolute Gasteiger partial charge is 0.239 e. The average molecular weight is 289 g/mol. The molecule has 110 valence electrons. The second-order valence-electron chi connectivity index (χ2n) is 5.19. The number of amides is 1. The van der Waals surface area contributed by atoms with Gasteiger partial charge in [-0.3, -0.25) is 4.79 Å². The molecule has 0 bridgehead atoms. The van der Waals surface area contributed by atoms with Crippen LogP contribution in [0.1, 0.15) is 26.2 Å². The van der Waals surface area contributed by atoms with Crippen LogP contribution in [0.25, 0.3) is 0 Å². The lowest BCUT2D eigenvalue weighted by atomic mass is 10.2. The Hall–Kier alpha value is -0.660. The monoisotopic (exact) mass is 289 g/mol. The zero-order chi connectivity index (χ0) is 13.9. The van der Waals surface area contributed by atoms with Gasteiger partial charge in [0, 0.05) is 26.2 Å². The molecule has 0 saturated carbocycles. The summed E-state index contributed by atoms with van der Waals surface area (Å²) in [6, 6.07) is -0.0567. The molecule has 6 nitrogen and oxygen atoms in total. The molecule has 1 amide bonds. The highest BCUT2D eigenvalue weighted by molar-refractivity contribution is 7.89. The second-order valence-corrected chi connectivity index (χ2v) is 7.28. The maximum Gasteiger partial charge on any atom is 0.239 e. The molecule has 0 aromatic carbocycles. The van der Waals surface area contributed by atoms with Crippen molar-refractivity contribution in [2.75, 3.05) is 38.5 Å². The summed E-state index contributed by atoms with van der Waals surface area (Å²) >= 11 is 0. The van der Waals surface area contributed by atoms with Gasteiger partial charge in [-0.1, -0.05) is 6.92 Å². The van der Waals surface area contributed by atoms with E-state index in [1.165, 1.54) is 4.31 Å². The van der Waals surface area contributed by atoms with Gasteiger partial charge in [0.2, 0.25) is 15.9 Å². The molecule has 7 heteroatoms. The Bertz CT molecular complexity index is 410. The first kappa shape index (κ1) is 14.7. The van der Waals surface area contributed by atoms with Crippen molar-refractivity contribution in [1.82, 2.24) is 14.5 Å². The predicted molar refractivity (Wildman–Crippen MR) is 73.3 cm³/mol. The summed E-state index contributed by atoms with van der Waals surface area (Å²) in [6.45, 7) is 4.66. The molecule has 0 aliphatic carbocycles. The topological polar surface area (TPSA) is 69.7 Å². The molecule has 0 spiro atoms. The average Bonchev–Trinajstić information content (AvgIpc) is 2.92. The first-order valence-electron chi connectivity index (χ1n) is 7.04. The van der Waals surface area contributed by atoms with E-state index in [1.54, 1.807) is 4.90 Å². The fourth-order valence-corrected chi connectivity index (χ4v) is 4.18. The van der Waals surface area contributed by atoms with Crippen molar-refractivity contribution in [3.63, 3.8) is 0 Å². The molecule has 0 radical (unpaired) electrons. The zero-order valence-electron chi connectivity index (χ0n) is 11.5. The quantitative estimate of drug-likeness (QED) is 0.766. The zero-order valence-corrected chi connectivity index (χ0v) is 12.3. The van der Waals surface area contributed by atoms with Crippen LogP contribution in [-0.2, 0) is 14.8 Å². The van der Waals surface area contributed by atoms with Crippen LogP contribution < -0.4 is 5.32 Å². The van der Waals surface area contributed by atoms with Crippen molar-refractivity contribution in [3.05, 3.63) is 0 Å². The van der Waals surface area contributed by atoms with Gasteiger partial charge < -0.3 is 10.2 Å². The van der Waals surface area contributed by atoms with Gasteiger partial charge in [0.25, 0.3) is 0 Å². The van der Waals surface area contributed by atoms with E-state index in [-0.39, 0.29) is 17.7 Å². The Morgan fingerprint density at radius 1 is 1.26 bits per heavy atom. The van der Waals surface area contributed by atoms with E-state index in [9.17, 15) is 13.2 Å². The third-order valence-electron chi connectivity index (χ3n) is 3.76. The number of piperazine rings is 1. The Labute approximate surface area is 115 Å². The van der Waals surface area contributed by atoms with Crippen LogP contribution in [0.15, 0.2) is 0 Å². The van der Waals surface area contributed by atoms with Crippen LogP contribution in [0.2, 0.25) is 0 Å². The SMILES string of the molecule is CCCS(=O)(=O)N1CCN(C(=O)[C@H]2CCCN2)CC1. The largest absolute Gasteiger partial charge is 0.339 e. The summed E-state index contributed by atoms with van der Waals surface area (Å²) in [5, 5.41) is 3.19. The van der Waals surface area contributed by atoms with Gasteiger partial charge in [-0.05, 0) is 25.8 Å². The van der Waals surface area contributed by atoms with Crippen LogP contribution in [0.3, 0.4) is 0 Å². The van der Waals surface area contributed by atoms with Gasteiger partial charge >= 0.3 is 0 Å². The summed E-state index contributed by atoms with van der Waals surface area (Å²) in [4.78, 5) is 14.0. The number of carbonyl (C=O) groups excluding carboxylic acids is 1. The molecular formula is C12H23N3O3S. The fraction of sp³-hybridized carbons (Fsp3) is 0.917. The number of hydrogen-bond acceptors (Lipinski definition) is 4. The van der Waals surface area contributed by atoms with Crippen molar-refractivity contribution in [1.29, 1.82) is 0 Å². The minimum absolute atomic E-state index is 0.0567. The minimum atomic E-state index is -3.12. The van der Waals surface area contributed by atoms with Crippen LogP contribution in [-0.4, -0.2) is 68.0 Å². The summed E-state index contributed by atoms with van der Waals surface area (Å²) < 4.78 is 25.4. The van der Waals surface area contributed by atoms with Crippen LogP contribution in [0, 0.1) is 0 Å². The Kier molecular flexibility index (Phi) is 4.81. The molecule has 2 saturated heterocycles.